The Bertz CT molecular complexity index is 620. The number of nitrogens with one attached hydrogen (secondary N) is 1. The van der Waals surface area contributed by atoms with Crippen LogP contribution in [0, 0.1) is 23.6 Å². The minimum atomic E-state index is -0.139. The normalized spacial score (nSPS) is 25.0. The van der Waals surface area contributed by atoms with Crippen LogP contribution < -0.4 is 5.32 Å². The number of rotatable bonds is 7. The van der Waals surface area contributed by atoms with E-state index in [9.17, 15) is 9.18 Å². The number of carbonyl (C=O) groups excluding carboxylic acids is 1. The summed E-state index contributed by atoms with van der Waals surface area (Å²) in [5, 5.41) is 3.14. The van der Waals surface area contributed by atoms with Crippen LogP contribution in [0.15, 0.2) is 24.3 Å². The standard InChI is InChI=1S/C23H36FN3O/c1-18-14-19(2)16-27(15-18)11-5-10-25-23(28)20-8-12-26(13-9-20)17-21-6-3-4-7-22(21)24/h3-4,6-7,18-20H,5,8-17H2,1-2H3,(H,25,28)/t18-,19+. The molecule has 0 unspecified atom stereocenters. The summed E-state index contributed by atoms with van der Waals surface area (Å²) in [5.74, 6) is 1.73. The molecule has 2 heterocycles. The maximum atomic E-state index is 13.8. The van der Waals surface area contributed by atoms with E-state index in [1.807, 2.05) is 12.1 Å². The van der Waals surface area contributed by atoms with Gasteiger partial charge < -0.3 is 10.2 Å². The van der Waals surface area contributed by atoms with Gasteiger partial charge in [-0.05, 0) is 63.2 Å². The Hall–Kier alpha value is -1.46. The minimum absolute atomic E-state index is 0.104. The van der Waals surface area contributed by atoms with Gasteiger partial charge in [-0.2, -0.15) is 0 Å². The van der Waals surface area contributed by atoms with Crippen molar-refractivity contribution in [3.8, 4) is 0 Å². The predicted octanol–water partition coefficient (Wildman–Crippen LogP) is 3.52. The van der Waals surface area contributed by atoms with Crippen LogP contribution in [-0.2, 0) is 11.3 Å². The Kier molecular flexibility index (Phi) is 7.86. The van der Waals surface area contributed by atoms with Gasteiger partial charge in [0.25, 0.3) is 0 Å². The number of halogens is 1. The van der Waals surface area contributed by atoms with E-state index < -0.39 is 0 Å². The molecular formula is C23H36FN3O. The fraction of sp³-hybridized carbons (Fsp3) is 0.696. The summed E-state index contributed by atoms with van der Waals surface area (Å²) in [6.45, 7) is 11.3. The maximum absolute atomic E-state index is 13.8. The van der Waals surface area contributed by atoms with Gasteiger partial charge in [-0.1, -0.05) is 32.0 Å². The molecule has 1 aromatic carbocycles. The smallest absolute Gasteiger partial charge is 0.223 e. The number of carbonyl (C=O) groups is 1. The van der Waals surface area contributed by atoms with Crippen molar-refractivity contribution in [3.05, 3.63) is 35.6 Å². The molecule has 1 amide bonds. The first kappa shape index (κ1) is 21.3. The first-order valence-electron chi connectivity index (χ1n) is 11.0. The van der Waals surface area contributed by atoms with Crippen LogP contribution in [0.25, 0.3) is 0 Å². The van der Waals surface area contributed by atoms with E-state index in [2.05, 4.69) is 29.0 Å². The van der Waals surface area contributed by atoms with Crippen molar-refractivity contribution in [1.29, 1.82) is 0 Å². The third-order valence-corrected chi connectivity index (χ3v) is 6.20. The fourth-order valence-electron chi connectivity index (χ4n) is 4.85. The molecule has 4 nitrogen and oxygen atoms in total. The highest BCUT2D eigenvalue weighted by molar-refractivity contribution is 5.78. The molecular weight excluding hydrogens is 353 g/mol. The summed E-state index contributed by atoms with van der Waals surface area (Å²) in [6, 6.07) is 6.96. The zero-order chi connectivity index (χ0) is 19.9. The molecule has 3 rings (SSSR count). The highest BCUT2D eigenvalue weighted by Crippen LogP contribution is 2.21. The monoisotopic (exact) mass is 389 g/mol. The topological polar surface area (TPSA) is 35.6 Å². The quantitative estimate of drug-likeness (QED) is 0.725. The Balaban J connectivity index is 1.31. The molecule has 0 aliphatic carbocycles. The average Bonchev–Trinajstić information content (AvgIpc) is 2.67. The molecule has 2 aliphatic heterocycles. The van der Waals surface area contributed by atoms with Gasteiger partial charge in [0.05, 0.1) is 0 Å². The number of hydrogen-bond acceptors (Lipinski definition) is 3. The van der Waals surface area contributed by atoms with Gasteiger partial charge in [0, 0.05) is 37.7 Å². The molecule has 2 fully saturated rings. The fourth-order valence-corrected chi connectivity index (χ4v) is 4.85. The molecule has 5 heteroatoms. The lowest BCUT2D eigenvalue weighted by atomic mass is 9.92. The molecule has 156 valence electrons. The van der Waals surface area contributed by atoms with Crippen molar-refractivity contribution >= 4 is 5.91 Å². The highest BCUT2D eigenvalue weighted by atomic mass is 19.1. The molecule has 1 aromatic rings. The summed E-state index contributed by atoms with van der Waals surface area (Å²) in [6.07, 6.45) is 4.09. The lowest BCUT2D eigenvalue weighted by Gasteiger charge is -2.35. The highest BCUT2D eigenvalue weighted by Gasteiger charge is 2.25. The van der Waals surface area contributed by atoms with E-state index in [4.69, 9.17) is 0 Å². The lowest BCUT2D eigenvalue weighted by molar-refractivity contribution is -0.126. The van der Waals surface area contributed by atoms with Gasteiger partial charge in [0.2, 0.25) is 5.91 Å². The van der Waals surface area contributed by atoms with E-state index in [0.717, 1.165) is 62.8 Å². The van der Waals surface area contributed by atoms with E-state index in [1.54, 1.807) is 6.07 Å². The Morgan fingerprint density at radius 2 is 1.79 bits per heavy atom. The van der Waals surface area contributed by atoms with E-state index in [0.29, 0.717) is 6.54 Å². The first-order valence-corrected chi connectivity index (χ1v) is 11.0. The Morgan fingerprint density at radius 3 is 2.46 bits per heavy atom. The molecule has 0 radical (unpaired) electrons. The molecule has 2 atom stereocenters. The molecule has 0 bridgehead atoms. The van der Waals surface area contributed by atoms with Gasteiger partial charge in [0.15, 0.2) is 0 Å². The summed E-state index contributed by atoms with van der Waals surface area (Å²) in [4.78, 5) is 17.3. The van der Waals surface area contributed by atoms with Crippen LogP contribution >= 0.6 is 0 Å². The summed E-state index contributed by atoms with van der Waals surface area (Å²) < 4.78 is 13.8. The number of amides is 1. The summed E-state index contributed by atoms with van der Waals surface area (Å²) in [5.41, 5.74) is 0.742. The second-order valence-corrected chi connectivity index (χ2v) is 8.99. The Labute approximate surface area is 169 Å². The zero-order valence-corrected chi connectivity index (χ0v) is 17.5. The number of nitrogens with zero attached hydrogens (tertiary/aromatic N) is 2. The molecule has 0 spiro atoms. The van der Waals surface area contributed by atoms with Crippen molar-refractivity contribution < 1.29 is 9.18 Å². The summed E-state index contributed by atoms with van der Waals surface area (Å²) >= 11 is 0. The van der Waals surface area contributed by atoms with Crippen LogP contribution in [0.4, 0.5) is 4.39 Å². The SMILES string of the molecule is C[C@@H]1C[C@H](C)CN(CCCNC(=O)C2CCN(Cc3ccccc3F)CC2)C1. The van der Waals surface area contributed by atoms with Crippen molar-refractivity contribution in [2.24, 2.45) is 17.8 Å². The van der Waals surface area contributed by atoms with Crippen molar-refractivity contribution in [2.45, 2.75) is 46.1 Å². The zero-order valence-electron chi connectivity index (χ0n) is 17.5. The van der Waals surface area contributed by atoms with Crippen LogP contribution in [0.5, 0.6) is 0 Å². The third-order valence-electron chi connectivity index (χ3n) is 6.20. The van der Waals surface area contributed by atoms with Gasteiger partial charge in [-0.15, -0.1) is 0 Å². The second kappa shape index (κ2) is 10.4. The minimum Gasteiger partial charge on any atom is -0.356 e. The molecule has 2 aliphatic rings. The van der Waals surface area contributed by atoms with Crippen LogP contribution in [0.2, 0.25) is 0 Å². The van der Waals surface area contributed by atoms with Gasteiger partial charge in [-0.25, -0.2) is 4.39 Å². The van der Waals surface area contributed by atoms with E-state index in [-0.39, 0.29) is 17.6 Å². The van der Waals surface area contributed by atoms with E-state index >= 15 is 0 Å². The molecule has 2 saturated heterocycles. The van der Waals surface area contributed by atoms with Gasteiger partial charge >= 0.3 is 0 Å². The number of likely N-dealkylation sites (tertiary alicyclic amines) is 2. The first-order chi connectivity index (χ1) is 13.5. The van der Waals surface area contributed by atoms with Crippen molar-refractivity contribution in [1.82, 2.24) is 15.1 Å². The van der Waals surface area contributed by atoms with Crippen LogP contribution in [0.3, 0.4) is 0 Å². The average molecular weight is 390 g/mol. The largest absolute Gasteiger partial charge is 0.356 e. The molecule has 0 aromatic heterocycles. The van der Waals surface area contributed by atoms with E-state index in [1.165, 1.54) is 25.6 Å². The number of hydrogen-bond donors (Lipinski definition) is 1. The molecule has 28 heavy (non-hydrogen) atoms. The van der Waals surface area contributed by atoms with Crippen molar-refractivity contribution in [2.75, 3.05) is 39.3 Å². The van der Waals surface area contributed by atoms with Crippen LogP contribution in [0.1, 0.15) is 45.1 Å². The van der Waals surface area contributed by atoms with Gasteiger partial charge in [-0.3, -0.25) is 9.69 Å². The number of benzene rings is 1. The predicted molar refractivity (Wildman–Crippen MR) is 111 cm³/mol. The molecule has 0 saturated carbocycles. The van der Waals surface area contributed by atoms with Crippen LogP contribution in [-0.4, -0.2) is 55.0 Å². The van der Waals surface area contributed by atoms with Crippen molar-refractivity contribution in [3.63, 3.8) is 0 Å². The molecule has 1 N–H and O–H groups in total. The maximum Gasteiger partial charge on any atom is 0.223 e. The second-order valence-electron chi connectivity index (χ2n) is 8.99. The third kappa shape index (κ3) is 6.28. The number of piperidine rings is 2. The summed E-state index contributed by atoms with van der Waals surface area (Å²) in [7, 11) is 0. The lowest BCUT2D eigenvalue weighted by Crippen LogP contribution is -2.42. The Morgan fingerprint density at radius 1 is 1.11 bits per heavy atom. The van der Waals surface area contributed by atoms with Gasteiger partial charge in [0.1, 0.15) is 5.82 Å².